The lowest BCUT2D eigenvalue weighted by Crippen LogP contribution is -2.27. The number of nitrogens with zero attached hydrogens (tertiary/aromatic N) is 2. The fourth-order valence-corrected chi connectivity index (χ4v) is 2.91. The molecule has 3 nitrogen and oxygen atoms in total. The maximum Gasteiger partial charge on any atom is 0.201 e. The molecule has 0 amide bonds. The van der Waals surface area contributed by atoms with Crippen LogP contribution in [0.15, 0.2) is 18.2 Å². The molecular weight excluding hydrogens is 325 g/mol. The van der Waals surface area contributed by atoms with Gasteiger partial charge in [-0.25, -0.2) is 4.98 Å². The zero-order chi connectivity index (χ0) is 12.6. The number of nitrogen functional groups attached to an aromatic ring is 1. The van der Waals surface area contributed by atoms with Crippen LogP contribution in [0.5, 0.6) is 0 Å². The minimum atomic E-state index is 0.0143. The highest BCUT2D eigenvalue weighted by Crippen LogP contribution is 2.30. The average Bonchev–Trinajstić information content (AvgIpc) is 2.53. The molecule has 0 saturated carbocycles. The average molecular weight is 343 g/mol. The van der Waals surface area contributed by atoms with E-state index in [1.54, 1.807) is 0 Å². The zero-order valence-electron chi connectivity index (χ0n) is 10.5. The van der Waals surface area contributed by atoms with Gasteiger partial charge in [0.1, 0.15) is 0 Å². The maximum atomic E-state index is 6.07. The van der Waals surface area contributed by atoms with Gasteiger partial charge in [-0.1, -0.05) is 13.3 Å². The summed E-state index contributed by atoms with van der Waals surface area (Å²) in [7, 11) is 0. The Bertz CT molecular complexity index is 543. The molecule has 0 aliphatic heterocycles. The minimum absolute atomic E-state index is 0.0143. The van der Waals surface area contributed by atoms with Gasteiger partial charge in [0.15, 0.2) is 0 Å². The Morgan fingerprint density at radius 3 is 2.76 bits per heavy atom. The highest BCUT2D eigenvalue weighted by atomic mass is 127. The topological polar surface area (TPSA) is 43.8 Å². The predicted octanol–water partition coefficient (Wildman–Crippen LogP) is 3.76. The highest BCUT2D eigenvalue weighted by molar-refractivity contribution is 14.1. The van der Waals surface area contributed by atoms with E-state index >= 15 is 0 Å². The zero-order valence-corrected chi connectivity index (χ0v) is 12.7. The summed E-state index contributed by atoms with van der Waals surface area (Å²) in [5.74, 6) is 0.612. The first-order valence-electron chi connectivity index (χ1n) is 5.89. The Morgan fingerprint density at radius 1 is 1.41 bits per heavy atom. The number of aromatic nitrogens is 2. The third-order valence-corrected chi connectivity index (χ3v) is 3.78. The van der Waals surface area contributed by atoms with Gasteiger partial charge in [-0.15, -0.1) is 0 Å². The first kappa shape index (κ1) is 12.7. The molecule has 0 bridgehead atoms. The monoisotopic (exact) mass is 343 g/mol. The van der Waals surface area contributed by atoms with Crippen LogP contribution in [0.25, 0.3) is 11.0 Å². The van der Waals surface area contributed by atoms with E-state index < -0.39 is 0 Å². The standard InChI is InChI=1S/C13H18IN3/c1-4-7-13(2,3)17-11-6-5-9(14)8-10(11)16-12(17)15/h5-6,8H,4,7H2,1-3H3,(H2,15,16). The van der Waals surface area contributed by atoms with Crippen LogP contribution in [-0.2, 0) is 5.54 Å². The SMILES string of the molecule is CCCC(C)(C)n1c(N)nc2cc(I)ccc21. The van der Waals surface area contributed by atoms with Crippen molar-refractivity contribution in [2.24, 2.45) is 0 Å². The predicted molar refractivity (Wildman–Crippen MR) is 81.1 cm³/mol. The third-order valence-electron chi connectivity index (χ3n) is 3.11. The molecule has 0 spiro atoms. The summed E-state index contributed by atoms with van der Waals surface area (Å²) in [6, 6.07) is 6.28. The van der Waals surface area contributed by atoms with Crippen molar-refractivity contribution in [3.05, 3.63) is 21.8 Å². The molecule has 0 fully saturated rings. The molecule has 92 valence electrons. The number of hydrogen-bond donors (Lipinski definition) is 1. The summed E-state index contributed by atoms with van der Waals surface area (Å²) >= 11 is 2.30. The molecule has 0 aliphatic carbocycles. The van der Waals surface area contributed by atoms with E-state index in [0.29, 0.717) is 5.95 Å². The number of fused-ring (bicyclic) bond motifs is 1. The minimum Gasteiger partial charge on any atom is -0.369 e. The molecule has 0 radical (unpaired) electrons. The Labute approximate surface area is 116 Å². The summed E-state index contributed by atoms with van der Waals surface area (Å²) in [5.41, 5.74) is 8.19. The van der Waals surface area contributed by atoms with Crippen LogP contribution in [0.2, 0.25) is 0 Å². The molecule has 4 heteroatoms. The number of imidazole rings is 1. The van der Waals surface area contributed by atoms with Crippen LogP contribution in [0.4, 0.5) is 5.95 Å². The summed E-state index contributed by atoms with van der Waals surface area (Å²) in [4.78, 5) is 4.46. The largest absolute Gasteiger partial charge is 0.369 e. The highest BCUT2D eigenvalue weighted by Gasteiger charge is 2.24. The molecule has 0 unspecified atom stereocenters. The second-order valence-corrected chi connectivity index (χ2v) is 6.25. The van der Waals surface area contributed by atoms with Crippen LogP contribution < -0.4 is 5.73 Å². The second kappa shape index (κ2) is 4.48. The summed E-state index contributed by atoms with van der Waals surface area (Å²) in [6.07, 6.45) is 2.23. The number of rotatable bonds is 3. The van der Waals surface area contributed by atoms with Gasteiger partial charge in [0.05, 0.1) is 11.0 Å². The van der Waals surface area contributed by atoms with Gasteiger partial charge in [0, 0.05) is 9.11 Å². The number of anilines is 1. The van der Waals surface area contributed by atoms with E-state index in [2.05, 4.69) is 71.1 Å². The van der Waals surface area contributed by atoms with Crippen molar-refractivity contribution in [1.82, 2.24) is 9.55 Å². The summed E-state index contributed by atoms with van der Waals surface area (Å²) < 4.78 is 3.34. The lowest BCUT2D eigenvalue weighted by molar-refractivity contribution is 0.338. The molecule has 1 aromatic heterocycles. The van der Waals surface area contributed by atoms with Crippen LogP contribution in [0.3, 0.4) is 0 Å². The number of hydrogen-bond acceptors (Lipinski definition) is 2. The van der Waals surface area contributed by atoms with Gasteiger partial charge in [-0.3, -0.25) is 0 Å². The van der Waals surface area contributed by atoms with Crippen molar-refractivity contribution in [2.75, 3.05) is 5.73 Å². The quantitative estimate of drug-likeness (QED) is 0.863. The first-order chi connectivity index (χ1) is 7.95. The van der Waals surface area contributed by atoms with Crippen LogP contribution in [0.1, 0.15) is 33.6 Å². The van der Waals surface area contributed by atoms with Gasteiger partial charge < -0.3 is 10.3 Å². The van der Waals surface area contributed by atoms with E-state index in [-0.39, 0.29) is 5.54 Å². The van der Waals surface area contributed by atoms with Crippen LogP contribution >= 0.6 is 22.6 Å². The van der Waals surface area contributed by atoms with Crippen molar-refractivity contribution in [3.63, 3.8) is 0 Å². The molecule has 0 aliphatic rings. The second-order valence-electron chi connectivity index (χ2n) is 5.00. The van der Waals surface area contributed by atoms with Crippen molar-refractivity contribution in [1.29, 1.82) is 0 Å². The van der Waals surface area contributed by atoms with Crippen LogP contribution in [-0.4, -0.2) is 9.55 Å². The molecule has 1 heterocycles. The number of benzene rings is 1. The third kappa shape index (κ3) is 2.27. The normalized spacial score (nSPS) is 12.2. The van der Waals surface area contributed by atoms with Gasteiger partial charge >= 0.3 is 0 Å². The van der Waals surface area contributed by atoms with Crippen LogP contribution in [0, 0.1) is 3.57 Å². The molecule has 2 N–H and O–H groups in total. The molecular formula is C13H18IN3. The molecule has 17 heavy (non-hydrogen) atoms. The van der Waals surface area contributed by atoms with Gasteiger partial charge in [0.2, 0.25) is 5.95 Å². The first-order valence-corrected chi connectivity index (χ1v) is 6.97. The van der Waals surface area contributed by atoms with Gasteiger partial charge in [0.25, 0.3) is 0 Å². The molecule has 2 aromatic rings. The summed E-state index contributed by atoms with van der Waals surface area (Å²) in [5, 5.41) is 0. The molecule has 1 aromatic carbocycles. The number of halogens is 1. The summed E-state index contributed by atoms with van der Waals surface area (Å²) in [6.45, 7) is 6.62. The van der Waals surface area contributed by atoms with Crippen molar-refractivity contribution in [2.45, 2.75) is 39.2 Å². The lowest BCUT2D eigenvalue weighted by Gasteiger charge is -2.28. The Kier molecular flexibility index (Phi) is 3.34. The van der Waals surface area contributed by atoms with Gasteiger partial charge in [-0.2, -0.15) is 0 Å². The van der Waals surface area contributed by atoms with E-state index in [9.17, 15) is 0 Å². The molecule has 0 saturated heterocycles. The fourth-order valence-electron chi connectivity index (χ4n) is 2.43. The molecule has 0 atom stereocenters. The van der Waals surface area contributed by atoms with E-state index in [1.807, 2.05) is 0 Å². The Balaban J connectivity index is 2.64. The van der Waals surface area contributed by atoms with E-state index in [1.165, 1.54) is 3.57 Å². The van der Waals surface area contributed by atoms with Gasteiger partial charge in [-0.05, 0) is 61.1 Å². The van der Waals surface area contributed by atoms with Crippen molar-refractivity contribution >= 4 is 39.6 Å². The maximum absolute atomic E-state index is 6.07. The van der Waals surface area contributed by atoms with E-state index in [4.69, 9.17) is 5.73 Å². The Morgan fingerprint density at radius 2 is 2.12 bits per heavy atom. The lowest BCUT2D eigenvalue weighted by atomic mass is 9.98. The Hall–Kier alpha value is -0.780. The van der Waals surface area contributed by atoms with Crippen molar-refractivity contribution < 1.29 is 0 Å². The van der Waals surface area contributed by atoms with E-state index in [0.717, 1.165) is 23.9 Å². The van der Waals surface area contributed by atoms with Crippen molar-refractivity contribution in [3.8, 4) is 0 Å². The number of nitrogens with two attached hydrogens (primary N) is 1. The fraction of sp³-hybridized carbons (Fsp3) is 0.462. The smallest absolute Gasteiger partial charge is 0.201 e. The molecule has 2 rings (SSSR count).